The van der Waals surface area contributed by atoms with Crippen LogP contribution in [0.15, 0.2) is 53.0 Å². The van der Waals surface area contributed by atoms with Gasteiger partial charge in [0.25, 0.3) is 11.8 Å². The van der Waals surface area contributed by atoms with E-state index in [2.05, 4.69) is 47.6 Å². The zero-order chi connectivity index (χ0) is 19.3. The second kappa shape index (κ2) is 8.27. The molecule has 2 amide bonds. The quantitative estimate of drug-likeness (QED) is 0.574. The van der Waals surface area contributed by atoms with Gasteiger partial charge in [0.05, 0.1) is 0 Å². The van der Waals surface area contributed by atoms with Crippen LogP contribution in [0.25, 0.3) is 6.08 Å². The van der Waals surface area contributed by atoms with Crippen molar-refractivity contribution >= 4 is 33.8 Å². The molecule has 2 aromatic carbocycles. The minimum absolute atomic E-state index is 0.00424. The Kier molecular flexibility index (Phi) is 6.32. The van der Waals surface area contributed by atoms with Crippen LogP contribution >= 0.6 is 15.9 Å². The minimum atomic E-state index is -0.566. The molecule has 0 aliphatic heterocycles. The lowest BCUT2D eigenvalue weighted by molar-refractivity contribution is -0.117. The Morgan fingerprint density at radius 2 is 1.69 bits per heavy atom. The zero-order valence-electron chi connectivity index (χ0n) is 14.8. The molecule has 0 aromatic heterocycles. The first-order chi connectivity index (χ1) is 12.2. The zero-order valence-corrected chi connectivity index (χ0v) is 16.4. The van der Waals surface area contributed by atoms with Crippen LogP contribution in [0.3, 0.4) is 0 Å². The average Bonchev–Trinajstić information content (AvgIpc) is 2.59. The van der Waals surface area contributed by atoms with Crippen molar-refractivity contribution in [1.82, 2.24) is 10.9 Å². The van der Waals surface area contributed by atoms with Crippen LogP contribution in [-0.4, -0.2) is 11.8 Å². The third-order valence-corrected chi connectivity index (χ3v) is 4.18. The molecule has 0 aliphatic rings. The standard InChI is InChI=1S/C20H20BrFN2O2/c1-20(2,3)15-7-4-13(5-8-15)19(26)24-23-18(25)11-6-14-12-16(21)9-10-17(14)22/h4-12H,1-3H3,(H,23,25)(H,24,26)/b11-6+. The molecule has 0 unspecified atom stereocenters. The summed E-state index contributed by atoms with van der Waals surface area (Å²) in [5, 5.41) is 0. The molecule has 26 heavy (non-hydrogen) atoms. The predicted octanol–water partition coefficient (Wildman–Crippen LogP) is 4.36. The number of hydrogen-bond donors (Lipinski definition) is 2. The van der Waals surface area contributed by atoms with Crippen molar-refractivity contribution in [1.29, 1.82) is 0 Å². The molecule has 2 aromatic rings. The fourth-order valence-corrected chi connectivity index (χ4v) is 2.54. The number of nitrogens with one attached hydrogen (secondary N) is 2. The molecule has 0 saturated carbocycles. The van der Waals surface area contributed by atoms with E-state index in [1.54, 1.807) is 24.3 Å². The lowest BCUT2D eigenvalue weighted by Crippen LogP contribution is -2.40. The topological polar surface area (TPSA) is 58.2 Å². The molecule has 0 bridgehead atoms. The number of carbonyl (C=O) groups is 2. The molecule has 0 atom stereocenters. The van der Waals surface area contributed by atoms with Crippen LogP contribution in [0.5, 0.6) is 0 Å². The summed E-state index contributed by atoms with van der Waals surface area (Å²) in [5.41, 5.74) is 6.39. The maximum atomic E-state index is 13.6. The monoisotopic (exact) mass is 418 g/mol. The van der Waals surface area contributed by atoms with Gasteiger partial charge in [-0.05, 0) is 47.4 Å². The Balaban J connectivity index is 1.93. The lowest BCUT2D eigenvalue weighted by atomic mass is 9.87. The molecule has 2 rings (SSSR count). The summed E-state index contributed by atoms with van der Waals surface area (Å²) < 4.78 is 14.3. The van der Waals surface area contributed by atoms with Gasteiger partial charge in [0.15, 0.2) is 0 Å². The summed E-state index contributed by atoms with van der Waals surface area (Å²) in [6.07, 6.45) is 2.48. The SMILES string of the molecule is CC(C)(C)c1ccc(C(=O)NNC(=O)/C=C/c2cc(Br)ccc2F)cc1. The van der Waals surface area contributed by atoms with Gasteiger partial charge < -0.3 is 0 Å². The molecular formula is C20H20BrFN2O2. The summed E-state index contributed by atoms with van der Waals surface area (Å²) in [6.45, 7) is 6.26. The van der Waals surface area contributed by atoms with Crippen molar-refractivity contribution < 1.29 is 14.0 Å². The van der Waals surface area contributed by atoms with Gasteiger partial charge in [-0.2, -0.15) is 0 Å². The molecule has 0 aliphatic carbocycles. The number of amides is 2. The highest BCUT2D eigenvalue weighted by Crippen LogP contribution is 2.22. The Labute approximate surface area is 160 Å². The van der Waals surface area contributed by atoms with E-state index < -0.39 is 17.6 Å². The van der Waals surface area contributed by atoms with Gasteiger partial charge in [0.2, 0.25) is 0 Å². The third-order valence-electron chi connectivity index (χ3n) is 3.68. The number of hydrazine groups is 1. The van der Waals surface area contributed by atoms with Crippen molar-refractivity contribution in [2.24, 2.45) is 0 Å². The predicted molar refractivity (Wildman–Crippen MR) is 104 cm³/mol. The largest absolute Gasteiger partial charge is 0.269 e. The molecule has 136 valence electrons. The molecule has 0 saturated heterocycles. The van der Waals surface area contributed by atoms with Gasteiger partial charge in [0, 0.05) is 21.7 Å². The van der Waals surface area contributed by atoms with E-state index in [4.69, 9.17) is 0 Å². The van der Waals surface area contributed by atoms with Gasteiger partial charge in [-0.25, -0.2) is 4.39 Å². The van der Waals surface area contributed by atoms with E-state index in [0.717, 1.165) is 11.6 Å². The molecule has 6 heteroatoms. The summed E-state index contributed by atoms with van der Waals surface area (Å²) in [6, 6.07) is 11.6. The first-order valence-corrected chi connectivity index (χ1v) is 8.80. The Morgan fingerprint density at radius 3 is 2.31 bits per heavy atom. The highest BCUT2D eigenvalue weighted by Gasteiger charge is 2.14. The van der Waals surface area contributed by atoms with Gasteiger partial charge in [-0.15, -0.1) is 0 Å². The van der Waals surface area contributed by atoms with Crippen LogP contribution in [-0.2, 0) is 10.2 Å². The molecule has 0 radical (unpaired) electrons. The van der Waals surface area contributed by atoms with Gasteiger partial charge in [-0.1, -0.05) is 48.8 Å². The second-order valence-corrected chi connectivity index (χ2v) is 7.69. The van der Waals surface area contributed by atoms with Crippen molar-refractivity contribution in [2.45, 2.75) is 26.2 Å². The van der Waals surface area contributed by atoms with E-state index in [0.29, 0.717) is 10.0 Å². The Morgan fingerprint density at radius 1 is 1.04 bits per heavy atom. The van der Waals surface area contributed by atoms with E-state index in [1.807, 2.05) is 12.1 Å². The number of benzene rings is 2. The summed E-state index contributed by atoms with van der Waals surface area (Å²) in [5.74, 6) is -1.44. The maximum Gasteiger partial charge on any atom is 0.269 e. The van der Waals surface area contributed by atoms with Gasteiger partial charge in [0.1, 0.15) is 5.82 Å². The first kappa shape index (κ1) is 19.8. The number of hydrogen-bond acceptors (Lipinski definition) is 2. The minimum Gasteiger partial charge on any atom is -0.268 e. The molecule has 2 N–H and O–H groups in total. The highest BCUT2D eigenvalue weighted by atomic mass is 79.9. The third kappa shape index (κ3) is 5.52. The summed E-state index contributed by atoms with van der Waals surface area (Å²) in [4.78, 5) is 23.9. The molecule has 4 nitrogen and oxygen atoms in total. The molecular weight excluding hydrogens is 399 g/mol. The smallest absolute Gasteiger partial charge is 0.268 e. The van der Waals surface area contributed by atoms with Crippen molar-refractivity contribution in [3.05, 3.63) is 75.5 Å². The van der Waals surface area contributed by atoms with E-state index >= 15 is 0 Å². The van der Waals surface area contributed by atoms with Crippen LogP contribution in [0, 0.1) is 5.82 Å². The van der Waals surface area contributed by atoms with E-state index in [1.165, 1.54) is 12.1 Å². The Hall–Kier alpha value is -2.47. The number of rotatable bonds is 3. The first-order valence-electron chi connectivity index (χ1n) is 8.01. The van der Waals surface area contributed by atoms with E-state index in [-0.39, 0.29) is 11.0 Å². The van der Waals surface area contributed by atoms with Gasteiger partial charge >= 0.3 is 0 Å². The van der Waals surface area contributed by atoms with Crippen LogP contribution in [0.4, 0.5) is 4.39 Å². The Bertz CT molecular complexity index is 840. The second-order valence-electron chi connectivity index (χ2n) is 6.77. The molecule has 0 fully saturated rings. The molecule has 0 heterocycles. The normalized spacial score (nSPS) is 11.4. The summed E-state index contributed by atoms with van der Waals surface area (Å²) >= 11 is 3.24. The van der Waals surface area contributed by atoms with Crippen LogP contribution < -0.4 is 10.9 Å². The lowest BCUT2D eigenvalue weighted by Gasteiger charge is -2.19. The molecule has 0 spiro atoms. The average molecular weight is 419 g/mol. The summed E-state index contributed by atoms with van der Waals surface area (Å²) in [7, 11) is 0. The number of carbonyl (C=O) groups excluding carboxylic acids is 2. The van der Waals surface area contributed by atoms with Crippen molar-refractivity contribution in [3.63, 3.8) is 0 Å². The van der Waals surface area contributed by atoms with Crippen molar-refractivity contribution in [3.8, 4) is 0 Å². The van der Waals surface area contributed by atoms with Crippen molar-refractivity contribution in [2.75, 3.05) is 0 Å². The van der Waals surface area contributed by atoms with E-state index in [9.17, 15) is 14.0 Å². The number of halogens is 2. The van der Waals surface area contributed by atoms with Crippen LogP contribution in [0.1, 0.15) is 42.3 Å². The van der Waals surface area contributed by atoms with Crippen LogP contribution in [0.2, 0.25) is 0 Å². The maximum absolute atomic E-state index is 13.6. The highest BCUT2D eigenvalue weighted by molar-refractivity contribution is 9.10. The fourth-order valence-electron chi connectivity index (χ4n) is 2.16. The van der Waals surface area contributed by atoms with Gasteiger partial charge in [-0.3, -0.25) is 20.4 Å². The fraction of sp³-hybridized carbons (Fsp3) is 0.200.